The molecular weight excluding hydrogens is 268 g/mol. The lowest BCUT2D eigenvalue weighted by atomic mass is 9.86. The van der Waals surface area contributed by atoms with Gasteiger partial charge in [0, 0.05) is 11.6 Å². The SMILES string of the molecule is COc1ccc(C(C)NC(=O)C(N)C(C)(C)C)c(OC)c1. The van der Waals surface area contributed by atoms with Gasteiger partial charge in [0.2, 0.25) is 5.91 Å². The largest absolute Gasteiger partial charge is 0.497 e. The Morgan fingerprint density at radius 2 is 1.86 bits per heavy atom. The van der Waals surface area contributed by atoms with Crippen LogP contribution in [0.2, 0.25) is 0 Å². The number of benzene rings is 1. The highest BCUT2D eigenvalue weighted by Gasteiger charge is 2.28. The van der Waals surface area contributed by atoms with Crippen LogP contribution in [0.1, 0.15) is 39.3 Å². The first-order valence-electron chi connectivity index (χ1n) is 6.98. The Kier molecular flexibility index (Phi) is 5.61. The van der Waals surface area contributed by atoms with E-state index in [1.54, 1.807) is 20.3 Å². The van der Waals surface area contributed by atoms with Crippen molar-refractivity contribution in [1.29, 1.82) is 0 Å². The number of amides is 1. The molecule has 5 nitrogen and oxygen atoms in total. The van der Waals surface area contributed by atoms with Crippen molar-refractivity contribution in [2.75, 3.05) is 14.2 Å². The highest BCUT2D eigenvalue weighted by atomic mass is 16.5. The highest BCUT2D eigenvalue weighted by molar-refractivity contribution is 5.82. The summed E-state index contributed by atoms with van der Waals surface area (Å²) in [6.45, 7) is 7.72. The summed E-state index contributed by atoms with van der Waals surface area (Å²) in [7, 11) is 3.19. The third kappa shape index (κ3) is 4.36. The molecule has 3 N–H and O–H groups in total. The zero-order chi connectivity index (χ0) is 16.2. The lowest BCUT2D eigenvalue weighted by molar-refractivity contribution is -0.125. The van der Waals surface area contributed by atoms with E-state index in [1.165, 1.54) is 0 Å². The lowest BCUT2D eigenvalue weighted by Crippen LogP contribution is -2.49. The monoisotopic (exact) mass is 294 g/mol. The van der Waals surface area contributed by atoms with Crippen molar-refractivity contribution in [1.82, 2.24) is 5.32 Å². The van der Waals surface area contributed by atoms with Gasteiger partial charge in [0.25, 0.3) is 0 Å². The molecule has 118 valence electrons. The van der Waals surface area contributed by atoms with E-state index in [1.807, 2.05) is 39.8 Å². The summed E-state index contributed by atoms with van der Waals surface area (Å²) in [5.41, 5.74) is 6.57. The van der Waals surface area contributed by atoms with Gasteiger partial charge in [-0.15, -0.1) is 0 Å². The molecule has 0 saturated heterocycles. The third-order valence-electron chi connectivity index (χ3n) is 3.48. The average Bonchev–Trinajstić information content (AvgIpc) is 2.44. The van der Waals surface area contributed by atoms with Crippen molar-refractivity contribution >= 4 is 5.91 Å². The number of nitrogens with two attached hydrogens (primary N) is 1. The van der Waals surface area contributed by atoms with Crippen LogP contribution in [0, 0.1) is 5.41 Å². The number of nitrogens with one attached hydrogen (secondary N) is 1. The van der Waals surface area contributed by atoms with E-state index < -0.39 is 6.04 Å². The van der Waals surface area contributed by atoms with Gasteiger partial charge < -0.3 is 20.5 Å². The van der Waals surface area contributed by atoms with Gasteiger partial charge in [-0.25, -0.2) is 0 Å². The van der Waals surface area contributed by atoms with Crippen LogP contribution in [0.5, 0.6) is 11.5 Å². The summed E-state index contributed by atoms with van der Waals surface area (Å²) in [4.78, 5) is 12.2. The maximum absolute atomic E-state index is 12.2. The van der Waals surface area contributed by atoms with Gasteiger partial charge in [-0.3, -0.25) is 4.79 Å². The number of rotatable bonds is 5. The van der Waals surface area contributed by atoms with E-state index in [-0.39, 0.29) is 17.4 Å². The van der Waals surface area contributed by atoms with Crippen molar-refractivity contribution in [2.24, 2.45) is 11.1 Å². The predicted molar refractivity (Wildman–Crippen MR) is 83.5 cm³/mol. The topological polar surface area (TPSA) is 73.6 Å². The second-order valence-corrected chi connectivity index (χ2v) is 6.18. The first-order chi connectivity index (χ1) is 9.70. The second kappa shape index (κ2) is 6.80. The number of ether oxygens (including phenoxy) is 2. The van der Waals surface area contributed by atoms with E-state index in [9.17, 15) is 4.79 Å². The van der Waals surface area contributed by atoms with Gasteiger partial charge in [-0.1, -0.05) is 20.8 Å². The zero-order valence-corrected chi connectivity index (χ0v) is 13.7. The molecule has 0 spiro atoms. The molecule has 0 radical (unpaired) electrons. The van der Waals surface area contributed by atoms with Gasteiger partial charge >= 0.3 is 0 Å². The summed E-state index contributed by atoms with van der Waals surface area (Å²) in [6, 6.07) is 4.74. The molecule has 1 aromatic rings. The van der Waals surface area contributed by atoms with Crippen LogP contribution >= 0.6 is 0 Å². The maximum atomic E-state index is 12.2. The van der Waals surface area contributed by atoms with E-state index in [2.05, 4.69) is 5.32 Å². The zero-order valence-electron chi connectivity index (χ0n) is 13.7. The van der Waals surface area contributed by atoms with Crippen molar-refractivity contribution < 1.29 is 14.3 Å². The Labute approximate surface area is 126 Å². The molecular formula is C16H26N2O3. The Balaban J connectivity index is 2.89. The van der Waals surface area contributed by atoms with E-state index in [4.69, 9.17) is 15.2 Å². The first-order valence-corrected chi connectivity index (χ1v) is 6.98. The molecule has 0 saturated carbocycles. The van der Waals surface area contributed by atoms with Gasteiger partial charge in [0.05, 0.1) is 26.3 Å². The first kappa shape index (κ1) is 17.3. The molecule has 1 amide bonds. The van der Waals surface area contributed by atoms with E-state index >= 15 is 0 Å². The Morgan fingerprint density at radius 3 is 2.33 bits per heavy atom. The predicted octanol–water partition coefficient (Wildman–Crippen LogP) is 2.25. The Bertz CT molecular complexity index is 495. The quantitative estimate of drug-likeness (QED) is 0.873. The molecule has 1 rings (SSSR count). The maximum Gasteiger partial charge on any atom is 0.237 e. The van der Waals surface area contributed by atoms with Crippen molar-refractivity contribution in [2.45, 2.75) is 39.8 Å². The smallest absolute Gasteiger partial charge is 0.237 e. The van der Waals surface area contributed by atoms with Crippen LogP contribution in [-0.2, 0) is 4.79 Å². The summed E-state index contributed by atoms with van der Waals surface area (Å²) >= 11 is 0. The van der Waals surface area contributed by atoms with Gasteiger partial charge in [0.15, 0.2) is 0 Å². The fraction of sp³-hybridized carbons (Fsp3) is 0.562. The lowest BCUT2D eigenvalue weighted by Gasteiger charge is -2.27. The molecule has 2 atom stereocenters. The average molecular weight is 294 g/mol. The van der Waals surface area contributed by atoms with Crippen LogP contribution < -0.4 is 20.5 Å². The Hall–Kier alpha value is -1.75. The van der Waals surface area contributed by atoms with Crippen molar-refractivity contribution in [3.8, 4) is 11.5 Å². The molecule has 0 aromatic heterocycles. The molecule has 1 aromatic carbocycles. The van der Waals surface area contributed by atoms with E-state index in [0.717, 1.165) is 5.56 Å². The number of methoxy groups -OCH3 is 2. The number of hydrogen-bond acceptors (Lipinski definition) is 4. The fourth-order valence-corrected chi connectivity index (χ4v) is 1.95. The standard InChI is InChI=1S/C16H26N2O3/c1-10(18-15(19)14(17)16(2,3)4)12-8-7-11(20-5)9-13(12)21-6/h7-10,14H,17H2,1-6H3,(H,18,19). The Morgan fingerprint density at radius 1 is 1.24 bits per heavy atom. The molecule has 0 aliphatic carbocycles. The van der Waals surface area contributed by atoms with Crippen LogP contribution in [0.25, 0.3) is 0 Å². The van der Waals surface area contributed by atoms with Gasteiger partial charge in [-0.05, 0) is 24.5 Å². The summed E-state index contributed by atoms with van der Waals surface area (Å²) in [6.07, 6.45) is 0. The van der Waals surface area contributed by atoms with Crippen LogP contribution in [0.3, 0.4) is 0 Å². The van der Waals surface area contributed by atoms with E-state index in [0.29, 0.717) is 11.5 Å². The fourth-order valence-electron chi connectivity index (χ4n) is 1.95. The minimum absolute atomic E-state index is 0.173. The van der Waals surface area contributed by atoms with Gasteiger partial charge in [0.1, 0.15) is 11.5 Å². The summed E-state index contributed by atoms with van der Waals surface area (Å²) in [5.74, 6) is 1.21. The molecule has 0 heterocycles. The number of carbonyl (C=O) groups excluding carboxylic acids is 1. The molecule has 21 heavy (non-hydrogen) atoms. The van der Waals surface area contributed by atoms with Gasteiger partial charge in [-0.2, -0.15) is 0 Å². The summed E-state index contributed by atoms with van der Waals surface area (Å²) < 4.78 is 10.5. The summed E-state index contributed by atoms with van der Waals surface area (Å²) in [5, 5.41) is 2.93. The molecule has 0 fully saturated rings. The third-order valence-corrected chi connectivity index (χ3v) is 3.48. The molecule has 0 aliphatic rings. The molecule has 5 heteroatoms. The van der Waals surface area contributed by atoms with Crippen molar-refractivity contribution in [3.05, 3.63) is 23.8 Å². The minimum Gasteiger partial charge on any atom is -0.497 e. The minimum atomic E-state index is -0.566. The number of carbonyl (C=O) groups is 1. The number of hydrogen-bond donors (Lipinski definition) is 2. The van der Waals surface area contributed by atoms with Crippen LogP contribution in [0.15, 0.2) is 18.2 Å². The normalized spacial score (nSPS) is 14.2. The highest BCUT2D eigenvalue weighted by Crippen LogP contribution is 2.29. The van der Waals surface area contributed by atoms with Crippen LogP contribution in [0.4, 0.5) is 0 Å². The second-order valence-electron chi connectivity index (χ2n) is 6.18. The molecule has 0 aliphatic heterocycles. The van der Waals surface area contributed by atoms with Crippen LogP contribution in [-0.4, -0.2) is 26.2 Å². The van der Waals surface area contributed by atoms with Crippen molar-refractivity contribution in [3.63, 3.8) is 0 Å². The molecule has 2 unspecified atom stereocenters. The molecule has 0 bridgehead atoms.